The van der Waals surface area contributed by atoms with Gasteiger partial charge in [-0.15, -0.1) is 0 Å². The zero-order valence-electron chi connectivity index (χ0n) is 14.0. The maximum atomic E-state index is 12.0. The van der Waals surface area contributed by atoms with Gasteiger partial charge in [0, 0.05) is 12.4 Å². The topological polar surface area (TPSA) is 95.1 Å². The van der Waals surface area contributed by atoms with E-state index in [0.29, 0.717) is 11.7 Å². The molecule has 0 unspecified atom stereocenters. The van der Waals surface area contributed by atoms with Gasteiger partial charge in [-0.05, 0) is 37.6 Å². The Balaban J connectivity index is 1.52. The van der Waals surface area contributed by atoms with Crippen LogP contribution in [0, 0.1) is 6.92 Å². The van der Waals surface area contributed by atoms with Crippen molar-refractivity contribution in [3.8, 4) is 5.69 Å². The highest BCUT2D eigenvalue weighted by atomic mass is 16.5. The average Bonchev–Trinajstić information content (AvgIpc) is 3.27. The fourth-order valence-corrected chi connectivity index (χ4v) is 2.35. The number of rotatable bonds is 7. The van der Waals surface area contributed by atoms with Crippen LogP contribution in [0.25, 0.3) is 5.69 Å². The smallest absolute Gasteiger partial charge is 0.252 e. The summed E-state index contributed by atoms with van der Waals surface area (Å²) in [6, 6.07) is 9.54. The normalized spacial score (nSPS) is 12.1. The van der Waals surface area contributed by atoms with E-state index < -0.39 is 0 Å². The Morgan fingerprint density at radius 3 is 3.00 bits per heavy atom. The molecule has 2 heterocycles. The first-order valence-corrected chi connectivity index (χ1v) is 7.88. The van der Waals surface area contributed by atoms with Crippen molar-refractivity contribution in [1.82, 2.24) is 25.2 Å². The molecule has 0 spiro atoms. The van der Waals surface area contributed by atoms with Crippen LogP contribution in [0.2, 0.25) is 0 Å². The van der Waals surface area contributed by atoms with E-state index >= 15 is 0 Å². The van der Waals surface area contributed by atoms with Gasteiger partial charge in [0.25, 0.3) is 5.89 Å². The number of aryl methyl sites for hydroxylation is 1. The summed E-state index contributed by atoms with van der Waals surface area (Å²) in [5.41, 5.74) is 1.92. The summed E-state index contributed by atoms with van der Waals surface area (Å²) in [6.45, 7) is 3.67. The first kappa shape index (κ1) is 16.8. The number of hydrogen-bond donors (Lipinski definition) is 1. The van der Waals surface area contributed by atoms with Crippen LogP contribution in [0.3, 0.4) is 0 Å². The van der Waals surface area contributed by atoms with E-state index in [0.717, 1.165) is 11.3 Å². The van der Waals surface area contributed by atoms with E-state index in [1.165, 1.54) is 0 Å². The number of carbonyl (C=O) groups is 1. The fourth-order valence-electron chi connectivity index (χ4n) is 2.35. The van der Waals surface area contributed by atoms with Crippen molar-refractivity contribution in [2.75, 3.05) is 6.61 Å². The lowest BCUT2D eigenvalue weighted by Gasteiger charge is -2.15. The summed E-state index contributed by atoms with van der Waals surface area (Å²) >= 11 is 0. The van der Waals surface area contributed by atoms with E-state index in [9.17, 15) is 4.79 Å². The van der Waals surface area contributed by atoms with Crippen molar-refractivity contribution in [2.45, 2.75) is 26.5 Å². The van der Waals surface area contributed by atoms with Crippen LogP contribution in [-0.2, 0) is 16.1 Å². The third-order valence-corrected chi connectivity index (χ3v) is 3.54. The van der Waals surface area contributed by atoms with Crippen molar-refractivity contribution >= 4 is 5.91 Å². The molecule has 0 aliphatic rings. The fraction of sp³-hybridized carbons (Fsp3) is 0.294. The molecule has 0 aliphatic carbocycles. The molecule has 0 bridgehead atoms. The molecule has 1 aromatic carbocycles. The van der Waals surface area contributed by atoms with E-state index in [1.54, 1.807) is 17.8 Å². The molecule has 8 nitrogen and oxygen atoms in total. The summed E-state index contributed by atoms with van der Waals surface area (Å²) < 4.78 is 12.0. The van der Waals surface area contributed by atoms with Crippen molar-refractivity contribution in [3.05, 3.63) is 60.0 Å². The lowest BCUT2D eigenvalue weighted by atomic mass is 10.1. The predicted molar refractivity (Wildman–Crippen MR) is 88.8 cm³/mol. The molecule has 0 saturated heterocycles. The Labute approximate surface area is 144 Å². The number of aromatic nitrogens is 4. The van der Waals surface area contributed by atoms with Crippen LogP contribution in [0.1, 0.15) is 30.2 Å². The molecular weight excluding hydrogens is 322 g/mol. The van der Waals surface area contributed by atoms with E-state index in [-0.39, 0.29) is 25.2 Å². The number of hydrogen-bond acceptors (Lipinski definition) is 6. The SMILES string of the molecule is Cc1noc(COCC(=O)N[C@@H](C)c2cccc(-n3cccn3)c2)n1. The zero-order chi connectivity index (χ0) is 17.6. The highest BCUT2D eigenvalue weighted by molar-refractivity contribution is 5.77. The standard InChI is InChI=1S/C17H19N5O3/c1-12(14-5-3-6-15(9-14)22-8-4-7-18-22)19-16(23)10-24-11-17-20-13(2)21-25-17/h3-9,12H,10-11H2,1-2H3,(H,19,23)/t12-/m0/s1. The molecule has 3 aromatic rings. The molecule has 0 aliphatic heterocycles. The third kappa shape index (κ3) is 4.51. The Hall–Kier alpha value is -3.00. The Morgan fingerprint density at radius 2 is 2.28 bits per heavy atom. The largest absolute Gasteiger partial charge is 0.362 e. The number of nitrogens with one attached hydrogen (secondary N) is 1. The molecule has 1 N–H and O–H groups in total. The molecule has 0 radical (unpaired) electrons. The lowest BCUT2D eigenvalue weighted by Crippen LogP contribution is -2.30. The van der Waals surface area contributed by atoms with Crippen molar-refractivity contribution in [2.24, 2.45) is 0 Å². The van der Waals surface area contributed by atoms with Crippen LogP contribution in [0.4, 0.5) is 0 Å². The number of carbonyl (C=O) groups excluding carboxylic acids is 1. The van der Waals surface area contributed by atoms with E-state index in [2.05, 4.69) is 20.6 Å². The third-order valence-electron chi connectivity index (χ3n) is 3.54. The van der Waals surface area contributed by atoms with Crippen LogP contribution < -0.4 is 5.32 Å². The molecule has 3 rings (SSSR count). The molecule has 8 heteroatoms. The summed E-state index contributed by atoms with van der Waals surface area (Å²) in [4.78, 5) is 16.0. The van der Waals surface area contributed by atoms with Gasteiger partial charge in [0.2, 0.25) is 5.91 Å². The lowest BCUT2D eigenvalue weighted by molar-refractivity contribution is -0.127. The molecule has 1 atom stereocenters. The summed E-state index contributed by atoms with van der Waals surface area (Å²) in [6.07, 6.45) is 3.59. The second-order valence-electron chi connectivity index (χ2n) is 5.56. The van der Waals surface area contributed by atoms with Crippen molar-refractivity contribution < 1.29 is 14.1 Å². The van der Waals surface area contributed by atoms with Crippen LogP contribution >= 0.6 is 0 Å². The summed E-state index contributed by atoms with van der Waals surface area (Å²) in [7, 11) is 0. The second-order valence-corrected chi connectivity index (χ2v) is 5.56. The minimum Gasteiger partial charge on any atom is -0.362 e. The van der Waals surface area contributed by atoms with Crippen LogP contribution in [0.15, 0.2) is 47.2 Å². The zero-order valence-corrected chi connectivity index (χ0v) is 14.0. The molecule has 0 saturated carbocycles. The number of benzene rings is 1. The first-order valence-electron chi connectivity index (χ1n) is 7.88. The first-order chi connectivity index (χ1) is 12.1. The summed E-state index contributed by atoms with van der Waals surface area (Å²) in [5, 5.41) is 10.8. The van der Waals surface area contributed by atoms with Crippen LogP contribution in [-0.4, -0.2) is 32.4 Å². The molecule has 130 valence electrons. The van der Waals surface area contributed by atoms with E-state index in [1.807, 2.05) is 43.5 Å². The summed E-state index contributed by atoms with van der Waals surface area (Å²) in [5.74, 6) is 0.673. The van der Waals surface area contributed by atoms with Gasteiger partial charge in [-0.3, -0.25) is 4.79 Å². The van der Waals surface area contributed by atoms with Gasteiger partial charge in [0.05, 0.1) is 11.7 Å². The van der Waals surface area contributed by atoms with E-state index in [4.69, 9.17) is 9.26 Å². The van der Waals surface area contributed by atoms with Crippen LogP contribution in [0.5, 0.6) is 0 Å². The molecule has 0 fully saturated rings. The molecule has 25 heavy (non-hydrogen) atoms. The molecular formula is C17H19N5O3. The Kier molecular flexibility index (Phi) is 5.20. The number of ether oxygens (including phenoxy) is 1. The van der Waals surface area contributed by atoms with Gasteiger partial charge in [-0.1, -0.05) is 17.3 Å². The Bertz CT molecular complexity index is 828. The maximum absolute atomic E-state index is 12.0. The van der Waals surface area contributed by atoms with Gasteiger partial charge >= 0.3 is 0 Å². The van der Waals surface area contributed by atoms with Gasteiger partial charge < -0.3 is 14.6 Å². The monoisotopic (exact) mass is 341 g/mol. The molecule has 2 aromatic heterocycles. The van der Waals surface area contributed by atoms with Gasteiger partial charge in [0.15, 0.2) is 5.82 Å². The van der Waals surface area contributed by atoms with Gasteiger partial charge in [0.1, 0.15) is 13.2 Å². The van der Waals surface area contributed by atoms with Gasteiger partial charge in [-0.2, -0.15) is 10.1 Å². The van der Waals surface area contributed by atoms with Crippen molar-refractivity contribution in [3.63, 3.8) is 0 Å². The van der Waals surface area contributed by atoms with Crippen molar-refractivity contribution in [1.29, 1.82) is 0 Å². The predicted octanol–water partition coefficient (Wildman–Crippen LogP) is 1.96. The second kappa shape index (κ2) is 7.71. The molecule has 1 amide bonds. The number of amides is 1. The average molecular weight is 341 g/mol. The van der Waals surface area contributed by atoms with Gasteiger partial charge in [-0.25, -0.2) is 4.68 Å². The minimum absolute atomic E-state index is 0.0788. The number of nitrogens with zero attached hydrogens (tertiary/aromatic N) is 4. The Morgan fingerprint density at radius 1 is 1.40 bits per heavy atom. The highest BCUT2D eigenvalue weighted by Crippen LogP contribution is 2.16. The minimum atomic E-state index is -0.215. The maximum Gasteiger partial charge on any atom is 0.252 e. The highest BCUT2D eigenvalue weighted by Gasteiger charge is 2.11. The quantitative estimate of drug-likeness (QED) is 0.706.